The summed E-state index contributed by atoms with van der Waals surface area (Å²) >= 11 is 0. The molecule has 23 heavy (non-hydrogen) atoms. The standard InChI is InChI=1S/C17H28N4O2/c1-12(2)15(18)9-10-21(5)16(22)13-7-6-8-14(11-13)19-17(23)20(3)4/h6-8,11-12,15H,9-10,18H2,1-5H3,(H,19,23). The number of urea groups is 1. The van der Waals surface area contributed by atoms with Gasteiger partial charge in [-0.15, -0.1) is 0 Å². The van der Waals surface area contributed by atoms with E-state index in [-0.39, 0.29) is 18.0 Å². The number of nitrogens with two attached hydrogens (primary N) is 1. The molecule has 6 heteroatoms. The Morgan fingerprint density at radius 3 is 2.43 bits per heavy atom. The lowest BCUT2D eigenvalue weighted by Gasteiger charge is -2.22. The Kier molecular flexibility index (Phi) is 7.03. The van der Waals surface area contributed by atoms with Gasteiger partial charge in [0.1, 0.15) is 0 Å². The SMILES string of the molecule is CC(C)C(N)CCN(C)C(=O)c1cccc(NC(=O)N(C)C)c1. The molecule has 0 spiro atoms. The summed E-state index contributed by atoms with van der Waals surface area (Å²) in [5, 5.41) is 2.74. The van der Waals surface area contributed by atoms with Crippen LogP contribution in [0.25, 0.3) is 0 Å². The molecule has 0 aromatic heterocycles. The average molecular weight is 320 g/mol. The van der Waals surface area contributed by atoms with Crippen molar-refractivity contribution in [2.75, 3.05) is 33.0 Å². The number of carbonyl (C=O) groups is 2. The van der Waals surface area contributed by atoms with E-state index in [1.807, 2.05) is 0 Å². The molecule has 3 N–H and O–H groups in total. The van der Waals surface area contributed by atoms with Crippen molar-refractivity contribution >= 4 is 17.6 Å². The molecular formula is C17H28N4O2. The first kappa shape index (κ1) is 19.0. The van der Waals surface area contributed by atoms with Crippen LogP contribution in [0.1, 0.15) is 30.6 Å². The Morgan fingerprint density at radius 1 is 1.22 bits per heavy atom. The molecule has 3 amide bonds. The monoisotopic (exact) mass is 320 g/mol. The van der Waals surface area contributed by atoms with Gasteiger partial charge in [-0.3, -0.25) is 4.79 Å². The smallest absolute Gasteiger partial charge is 0.321 e. The van der Waals surface area contributed by atoms with E-state index < -0.39 is 0 Å². The van der Waals surface area contributed by atoms with Crippen LogP contribution in [0.3, 0.4) is 0 Å². The minimum Gasteiger partial charge on any atom is -0.342 e. The highest BCUT2D eigenvalue weighted by molar-refractivity contribution is 5.96. The van der Waals surface area contributed by atoms with E-state index in [0.717, 1.165) is 6.42 Å². The molecule has 128 valence electrons. The second-order valence-electron chi connectivity index (χ2n) is 6.33. The van der Waals surface area contributed by atoms with Crippen molar-refractivity contribution in [3.63, 3.8) is 0 Å². The van der Waals surface area contributed by atoms with Gasteiger partial charge in [-0.05, 0) is 30.5 Å². The Bertz CT molecular complexity index is 543. The molecule has 0 heterocycles. The van der Waals surface area contributed by atoms with Crippen molar-refractivity contribution < 1.29 is 9.59 Å². The van der Waals surface area contributed by atoms with Gasteiger partial charge in [0, 0.05) is 45.0 Å². The van der Waals surface area contributed by atoms with E-state index in [9.17, 15) is 9.59 Å². The molecule has 0 radical (unpaired) electrons. The van der Waals surface area contributed by atoms with Crippen LogP contribution in [-0.2, 0) is 0 Å². The summed E-state index contributed by atoms with van der Waals surface area (Å²) in [4.78, 5) is 27.2. The third kappa shape index (κ3) is 5.90. The fourth-order valence-corrected chi connectivity index (χ4v) is 1.96. The fraction of sp³-hybridized carbons (Fsp3) is 0.529. The second kappa shape index (κ2) is 8.53. The second-order valence-corrected chi connectivity index (χ2v) is 6.33. The molecule has 0 aliphatic rings. The van der Waals surface area contributed by atoms with Gasteiger partial charge in [0.15, 0.2) is 0 Å². The lowest BCUT2D eigenvalue weighted by atomic mass is 10.0. The van der Waals surface area contributed by atoms with Crippen LogP contribution < -0.4 is 11.1 Å². The van der Waals surface area contributed by atoms with E-state index in [4.69, 9.17) is 5.73 Å². The summed E-state index contributed by atoms with van der Waals surface area (Å²) in [6, 6.07) is 6.79. The molecule has 1 atom stereocenters. The van der Waals surface area contributed by atoms with E-state index >= 15 is 0 Å². The van der Waals surface area contributed by atoms with E-state index in [1.54, 1.807) is 50.3 Å². The van der Waals surface area contributed by atoms with Crippen molar-refractivity contribution in [1.29, 1.82) is 0 Å². The van der Waals surface area contributed by atoms with E-state index in [0.29, 0.717) is 23.7 Å². The Labute approximate surface area is 138 Å². The topological polar surface area (TPSA) is 78.7 Å². The van der Waals surface area contributed by atoms with Gasteiger partial charge in [0.05, 0.1) is 0 Å². The molecule has 6 nitrogen and oxygen atoms in total. The van der Waals surface area contributed by atoms with Crippen molar-refractivity contribution in [2.24, 2.45) is 11.7 Å². The molecule has 1 rings (SSSR count). The first-order valence-electron chi connectivity index (χ1n) is 7.81. The van der Waals surface area contributed by atoms with Crippen molar-refractivity contribution in [1.82, 2.24) is 9.80 Å². The summed E-state index contributed by atoms with van der Waals surface area (Å²) in [6.07, 6.45) is 0.761. The predicted molar refractivity (Wildman–Crippen MR) is 93.5 cm³/mol. The Hall–Kier alpha value is -2.08. The largest absolute Gasteiger partial charge is 0.342 e. The maximum atomic E-state index is 12.5. The predicted octanol–water partition coefficient (Wildman–Crippen LogP) is 2.23. The number of rotatable bonds is 6. The van der Waals surface area contributed by atoms with Crippen molar-refractivity contribution in [3.05, 3.63) is 29.8 Å². The lowest BCUT2D eigenvalue weighted by Crippen LogP contribution is -2.34. The van der Waals surface area contributed by atoms with Gasteiger partial charge in [0.2, 0.25) is 0 Å². The van der Waals surface area contributed by atoms with Crippen LogP contribution in [0, 0.1) is 5.92 Å². The normalized spacial score (nSPS) is 12.0. The van der Waals surface area contributed by atoms with Crippen LogP contribution in [0.15, 0.2) is 24.3 Å². The molecule has 1 aromatic rings. The average Bonchev–Trinajstić information content (AvgIpc) is 2.51. The fourth-order valence-electron chi connectivity index (χ4n) is 1.96. The number of hydrogen-bond acceptors (Lipinski definition) is 3. The van der Waals surface area contributed by atoms with Crippen LogP contribution in [-0.4, -0.2) is 55.5 Å². The number of amides is 3. The maximum Gasteiger partial charge on any atom is 0.321 e. The number of benzene rings is 1. The third-order valence-corrected chi connectivity index (χ3v) is 3.77. The van der Waals surface area contributed by atoms with Crippen molar-refractivity contribution in [3.8, 4) is 0 Å². The van der Waals surface area contributed by atoms with Gasteiger partial charge >= 0.3 is 6.03 Å². The Morgan fingerprint density at radius 2 is 1.87 bits per heavy atom. The quantitative estimate of drug-likeness (QED) is 0.843. The summed E-state index contributed by atoms with van der Waals surface area (Å²) in [5.74, 6) is 0.310. The molecule has 0 aliphatic carbocycles. The maximum absolute atomic E-state index is 12.5. The zero-order valence-electron chi connectivity index (χ0n) is 14.7. The summed E-state index contributed by atoms with van der Waals surface area (Å²) in [6.45, 7) is 4.75. The lowest BCUT2D eigenvalue weighted by molar-refractivity contribution is 0.0789. The third-order valence-electron chi connectivity index (χ3n) is 3.77. The molecule has 0 aliphatic heterocycles. The van der Waals surface area contributed by atoms with Gasteiger partial charge in [-0.25, -0.2) is 4.79 Å². The highest BCUT2D eigenvalue weighted by Gasteiger charge is 2.15. The van der Waals surface area contributed by atoms with Gasteiger partial charge in [-0.2, -0.15) is 0 Å². The van der Waals surface area contributed by atoms with Crippen LogP contribution in [0.5, 0.6) is 0 Å². The zero-order chi connectivity index (χ0) is 17.6. The Balaban J connectivity index is 2.70. The van der Waals surface area contributed by atoms with Gasteiger partial charge in [0.25, 0.3) is 5.91 Å². The van der Waals surface area contributed by atoms with Gasteiger partial charge in [-0.1, -0.05) is 19.9 Å². The minimum absolute atomic E-state index is 0.0796. The van der Waals surface area contributed by atoms with Crippen molar-refractivity contribution in [2.45, 2.75) is 26.3 Å². The molecule has 1 aromatic carbocycles. The first-order valence-corrected chi connectivity index (χ1v) is 7.81. The molecule has 0 saturated heterocycles. The highest BCUT2D eigenvalue weighted by atomic mass is 16.2. The van der Waals surface area contributed by atoms with E-state index in [2.05, 4.69) is 19.2 Å². The summed E-state index contributed by atoms with van der Waals surface area (Å²) in [7, 11) is 5.09. The molecule has 0 bridgehead atoms. The van der Waals surface area contributed by atoms with Crippen LogP contribution in [0.4, 0.5) is 10.5 Å². The number of nitrogens with one attached hydrogen (secondary N) is 1. The minimum atomic E-state index is -0.231. The van der Waals surface area contributed by atoms with Crippen LogP contribution >= 0.6 is 0 Å². The first-order chi connectivity index (χ1) is 10.7. The molecule has 0 saturated carbocycles. The van der Waals surface area contributed by atoms with Gasteiger partial charge < -0.3 is 20.9 Å². The highest BCUT2D eigenvalue weighted by Crippen LogP contribution is 2.13. The summed E-state index contributed by atoms with van der Waals surface area (Å²) < 4.78 is 0. The van der Waals surface area contributed by atoms with Crippen LogP contribution in [0.2, 0.25) is 0 Å². The number of carbonyl (C=O) groups excluding carboxylic acids is 2. The number of anilines is 1. The molecule has 0 fully saturated rings. The molecule has 1 unspecified atom stereocenters. The number of hydrogen-bond donors (Lipinski definition) is 2. The number of nitrogens with zero attached hydrogens (tertiary/aromatic N) is 2. The zero-order valence-corrected chi connectivity index (χ0v) is 14.7. The molecular weight excluding hydrogens is 292 g/mol. The van der Waals surface area contributed by atoms with E-state index in [1.165, 1.54) is 4.90 Å². The summed E-state index contributed by atoms with van der Waals surface area (Å²) in [5.41, 5.74) is 7.16.